The average molecular weight is 471 g/mol. The van der Waals surface area contributed by atoms with E-state index < -0.39 is 10.0 Å². The third kappa shape index (κ3) is 5.05. The average Bonchev–Trinajstić information content (AvgIpc) is 3.24. The van der Waals surface area contributed by atoms with Crippen molar-refractivity contribution in [3.63, 3.8) is 0 Å². The molecule has 2 aliphatic carbocycles. The maximum Gasteiger partial charge on any atom is 0.240 e. The molecule has 33 heavy (non-hydrogen) atoms. The summed E-state index contributed by atoms with van der Waals surface area (Å²) in [4.78, 5) is 4.69. The fourth-order valence-electron chi connectivity index (χ4n) is 4.76. The number of aliphatic hydroxyl groups excluding tert-OH is 1. The Hall–Kier alpha value is -2.49. The van der Waals surface area contributed by atoms with E-state index in [1.165, 1.54) is 6.42 Å². The molecule has 2 saturated carbocycles. The van der Waals surface area contributed by atoms with Gasteiger partial charge in [-0.15, -0.1) is 5.10 Å². The van der Waals surface area contributed by atoms with Crippen molar-refractivity contribution in [1.29, 1.82) is 0 Å². The van der Waals surface area contributed by atoms with Crippen molar-refractivity contribution in [2.45, 2.75) is 80.9 Å². The minimum absolute atomic E-state index is 0.0252. The Morgan fingerprint density at radius 1 is 0.939 bits per heavy atom. The van der Waals surface area contributed by atoms with Gasteiger partial charge in [0, 0.05) is 17.7 Å². The van der Waals surface area contributed by atoms with Crippen LogP contribution >= 0.6 is 0 Å². The smallest absolute Gasteiger partial charge is 0.240 e. The lowest BCUT2D eigenvalue weighted by Gasteiger charge is -2.25. The largest absolute Gasteiger partial charge is 0.473 e. The number of nitrogens with one attached hydrogen (secondary N) is 1. The Morgan fingerprint density at radius 2 is 1.67 bits per heavy atom. The van der Waals surface area contributed by atoms with Crippen molar-refractivity contribution in [3.8, 4) is 17.1 Å². The van der Waals surface area contributed by atoms with Gasteiger partial charge in [0.25, 0.3) is 0 Å². The van der Waals surface area contributed by atoms with Gasteiger partial charge in [-0.25, -0.2) is 22.6 Å². The van der Waals surface area contributed by atoms with Gasteiger partial charge in [-0.2, -0.15) is 0 Å². The summed E-state index contributed by atoms with van der Waals surface area (Å²) in [7, 11) is -3.54. The molecule has 0 saturated heterocycles. The zero-order valence-corrected chi connectivity index (χ0v) is 19.4. The molecule has 0 aliphatic heterocycles. The Balaban J connectivity index is 1.34. The van der Waals surface area contributed by atoms with E-state index in [9.17, 15) is 13.5 Å². The first kappa shape index (κ1) is 22.3. The lowest BCUT2D eigenvalue weighted by molar-refractivity contribution is 0.0637. The third-order valence-electron chi connectivity index (χ3n) is 6.66. The fraction of sp³-hybridized carbons (Fsp3) is 0.500. The van der Waals surface area contributed by atoms with Crippen LogP contribution in [0.1, 0.15) is 57.8 Å². The van der Waals surface area contributed by atoms with Crippen LogP contribution in [0.25, 0.3) is 16.9 Å². The lowest BCUT2D eigenvalue weighted by Crippen LogP contribution is -2.36. The quantitative estimate of drug-likeness (QED) is 0.569. The highest BCUT2D eigenvalue weighted by Gasteiger charge is 2.23. The van der Waals surface area contributed by atoms with Crippen LogP contribution in [0.4, 0.5) is 0 Å². The van der Waals surface area contributed by atoms with Crippen LogP contribution in [-0.2, 0) is 10.0 Å². The van der Waals surface area contributed by atoms with Crippen LogP contribution in [0.3, 0.4) is 0 Å². The number of aliphatic hydroxyl groups is 1. The molecule has 0 amide bonds. The lowest BCUT2D eigenvalue weighted by atomic mass is 9.95. The summed E-state index contributed by atoms with van der Waals surface area (Å²) in [6, 6.07) is 10.5. The number of hydrogen-bond acceptors (Lipinski definition) is 6. The Bertz CT molecular complexity index is 1190. The zero-order chi connectivity index (χ0) is 22.8. The minimum Gasteiger partial charge on any atom is -0.473 e. The maximum absolute atomic E-state index is 12.8. The molecule has 0 atom stereocenters. The number of aromatic nitrogens is 3. The molecular formula is C24H30N4O4S. The van der Waals surface area contributed by atoms with Crippen LogP contribution in [0.15, 0.2) is 47.5 Å². The molecule has 0 bridgehead atoms. The number of rotatable bonds is 6. The molecule has 9 heteroatoms. The predicted octanol–water partition coefficient (Wildman–Crippen LogP) is 3.69. The maximum atomic E-state index is 12.8. The first-order chi connectivity index (χ1) is 16.0. The van der Waals surface area contributed by atoms with Crippen LogP contribution in [-0.4, -0.2) is 46.4 Å². The van der Waals surface area contributed by atoms with Gasteiger partial charge < -0.3 is 9.84 Å². The van der Waals surface area contributed by atoms with Gasteiger partial charge in [0.2, 0.25) is 15.9 Å². The van der Waals surface area contributed by atoms with E-state index in [4.69, 9.17) is 4.74 Å². The Labute approximate surface area is 194 Å². The molecule has 1 aromatic carbocycles. The highest BCUT2D eigenvalue weighted by molar-refractivity contribution is 7.89. The first-order valence-electron chi connectivity index (χ1n) is 11.8. The number of fused-ring (bicyclic) bond motifs is 1. The summed E-state index contributed by atoms with van der Waals surface area (Å²) in [6.07, 6.45) is 9.77. The van der Waals surface area contributed by atoms with Crippen LogP contribution in [0.2, 0.25) is 0 Å². The zero-order valence-electron chi connectivity index (χ0n) is 18.6. The number of imidazole rings is 1. The van der Waals surface area contributed by atoms with Crippen molar-refractivity contribution in [1.82, 2.24) is 19.3 Å². The van der Waals surface area contributed by atoms with Crippen molar-refractivity contribution >= 4 is 15.7 Å². The highest BCUT2D eigenvalue weighted by atomic mass is 32.2. The Morgan fingerprint density at radius 3 is 2.39 bits per heavy atom. The molecule has 2 fully saturated rings. The summed E-state index contributed by atoms with van der Waals surface area (Å²) in [5.74, 6) is 0.513. The van der Waals surface area contributed by atoms with Crippen molar-refractivity contribution in [2.75, 3.05) is 0 Å². The number of benzene rings is 1. The number of hydrogen-bond donors (Lipinski definition) is 2. The predicted molar refractivity (Wildman–Crippen MR) is 125 cm³/mol. The fourth-order valence-corrected chi connectivity index (χ4v) is 6.07. The van der Waals surface area contributed by atoms with E-state index in [-0.39, 0.29) is 23.1 Å². The number of ether oxygens (including phenoxy) is 1. The van der Waals surface area contributed by atoms with E-state index >= 15 is 0 Å². The molecule has 8 nitrogen and oxygen atoms in total. The van der Waals surface area contributed by atoms with Gasteiger partial charge in [-0.3, -0.25) is 0 Å². The molecule has 0 spiro atoms. The van der Waals surface area contributed by atoms with Crippen LogP contribution < -0.4 is 9.46 Å². The minimum atomic E-state index is -3.54. The van der Waals surface area contributed by atoms with Gasteiger partial charge in [0.15, 0.2) is 5.65 Å². The van der Waals surface area contributed by atoms with Crippen molar-refractivity contribution < 1.29 is 18.3 Å². The van der Waals surface area contributed by atoms with E-state index in [0.717, 1.165) is 62.6 Å². The molecule has 0 radical (unpaired) electrons. The van der Waals surface area contributed by atoms with E-state index in [2.05, 4.69) is 14.8 Å². The van der Waals surface area contributed by atoms with Crippen LogP contribution in [0, 0.1) is 0 Å². The van der Waals surface area contributed by atoms with Gasteiger partial charge in [0.1, 0.15) is 6.10 Å². The highest BCUT2D eigenvalue weighted by Crippen LogP contribution is 2.26. The number of nitrogens with zero attached hydrogens (tertiary/aromatic N) is 3. The monoisotopic (exact) mass is 470 g/mol. The third-order valence-corrected chi connectivity index (χ3v) is 8.19. The van der Waals surface area contributed by atoms with Gasteiger partial charge in [-0.1, -0.05) is 31.4 Å². The molecule has 2 aromatic heterocycles. The van der Waals surface area contributed by atoms with Gasteiger partial charge in [-0.05, 0) is 56.7 Å². The molecule has 3 aromatic rings. The molecule has 2 N–H and O–H groups in total. The van der Waals surface area contributed by atoms with E-state index in [1.807, 2.05) is 12.1 Å². The van der Waals surface area contributed by atoms with Crippen molar-refractivity contribution in [3.05, 3.63) is 42.6 Å². The molecule has 2 aliphatic rings. The normalized spacial score (nSPS) is 22.5. The molecule has 2 heterocycles. The SMILES string of the molecule is O=S(=O)(NC1CCCCC1)c1ccc(-c2cnc3ccc(OC4CCC(O)CC4)nn23)cc1. The second-order valence-electron chi connectivity index (χ2n) is 9.11. The van der Waals surface area contributed by atoms with Gasteiger partial charge in [0.05, 0.1) is 22.9 Å². The standard InChI is InChI=1S/C24H30N4O4S/c29-19-8-10-20(11-9-19)32-24-15-14-23-25-16-22(28(23)26-24)17-6-12-21(13-7-17)33(30,31)27-18-4-2-1-3-5-18/h6-7,12-16,18-20,27,29H,1-5,8-11H2. The van der Waals surface area contributed by atoms with E-state index in [1.54, 1.807) is 35.0 Å². The topological polar surface area (TPSA) is 106 Å². The Kier molecular flexibility index (Phi) is 6.36. The van der Waals surface area contributed by atoms with E-state index in [0.29, 0.717) is 11.5 Å². The van der Waals surface area contributed by atoms with Crippen LogP contribution in [0.5, 0.6) is 5.88 Å². The summed E-state index contributed by atoms with van der Waals surface area (Å²) in [5, 5.41) is 14.3. The summed E-state index contributed by atoms with van der Waals surface area (Å²) >= 11 is 0. The molecule has 5 rings (SSSR count). The molecule has 176 valence electrons. The van der Waals surface area contributed by atoms with Gasteiger partial charge >= 0.3 is 0 Å². The first-order valence-corrected chi connectivity index (χ1v) is 13.3. The number of sulfonamides is 1. The summed E-state index contributed by atoms with van der Waals surface area (Å²) < 4.78 is 36.2. The molecular weight excluding hydrogens is 440 g/mol. The van der Waals surface area contributed by atoms with Crippen molar-refractivity contribution in [2.24, 2.45) is 0 Å². The second-order valence-corrected chi connectivity index (χ2v) is 10.8. The summed E-state index contributed by atoms with van der Waals surface area (Å²) in [5.41, 5.74) is 2.27. The molecule has 0 unspecified atom stereocenters. The summed E-state index contributed by atoms with van der Waals surface area (Å²) in [6.45, 7) is 0. The second kappa shape index (κ2) is 9.40.